The van der Waals surface area contributed by atoms with Crippen LogP contribution in [0.1, 0.15) is 18.9 Å². The van der Waals surface area contributed by atoms with Gasteiger partial charge >= 0.3 is 0 Å². The molecular weight excluding hydrogens is 212 g/mol. The first kappa shape index (κ1) is 10.2. The van der Waals surface area contributed by atoms with E-state index in [9.17, 15) is 8.42 Å². The summed E-state index contributed by atoms with van der Waals surface area (Å²) >= 11 is 0. The molecule has 0 saturated heterocycles. The number of rotatable bonds is 1. The molecule has 1 aliphatic rings. The molecule has 0 aromatic heterocycles. The zero-order chi connectivity index (χ0) is 11.1. The van der Waals surface area contributed by atoms with Crippen LogP contribution in [0.4, 0.5) is 5.69 Å². The van der Waals surface area contributed by atoms with Gasteiger partial charge in [-0.15, -0.1) is 4.40 Å². The fourth-order valence-corrected chi connectivity index (χ4v) is 2.68. The number of benzene rings is 1. The predicted octanol–water partition coefficient (Wildman–Crippen LogP) is 1.92. The lowest BCUT2D eigenvalue weighted by molar-refractivity contribution is 0.597. The first-order valence-electron chi connectivity index (χ1n) is 4.74. The van der Waals surface area contributed by atoms with Crippen LogP contribution >= 0.6 is 0 Å². The van der Waals surface area contributed by atoms with E-state index in [4.69, 9.17) is 0 Å². The molecular formula is C10H12N2O2S. The highest BCUT2D eigenvalue weighted by Gasteiger charge is 2.23. The van der Waals surface area contributed by atoms with Gasteiger partial charge in [0.1, 0.15) is 10.7 Å². The van der Waals surface area contributed by atoms with Crippen molar-refractivity contribution in [2.45, 2.75) is 25.2 Å². The van der Waals surface area contributed by atoms with Gasteiger partial charge < -0.3 is 5.32 Å². The number of sulfonamides is 1. The minimum Gasteiger partial charge on any atom is -0.342 e. The van der Waals surface area contributed by atoms with Crippen molar-refractivity contribution in [3.8, 4) is 0 Å². The van der Waals surface area contributed by atoms with E-state index in [0.29, 0.717) is 17.9 Å². The van der Waals surface area contributed by atoms with Crippen molar-refractivity contribution in [2.75, 3.05) is 5.32 Å². The summed E-state index contributed by atoms with van der Waals surface area (Å²) in [6.07, 6.45) is 0.576. The maximum atomic E-state index is 11.7. The number of nitrogens with zero attached hydrogens (tertiary/aromatic N) is 1. The summed E-state index contributed by atoms with van der Waals surface area (Å²) in [4.78, 5) is 0.255. The summed E-state index contributed by atoms with van der Waals surface area (Å²) < 4.78 is 27.1. The molecule has 1 aromatic carbocycles. The molecule has 0 saturated carbocycles. The van der Waals surface area contributed by atoms with E-state index < -0.39 is 10.0 Å². The van der Waals surface area contributed by atoms with E-state index in [2.05, 4.69) is 9.71 Å². The largest absolute Gasteiger partial charge is 0.342 e. The SMILES string of the molecule is CCC1=NS(=O)(=O)c2ccc(C)cc2N1. The van der Waals surface area contributed by atoms with Crippen LogP contribution in [0.15, 0.2) is 27.5 Å². The molecule has 0 radical (unpaired) electrons. The monoisotopic (exact) mass is 224 g/mol. The summed E-state index contributed by atoms with van der Waals surface area (Å²) in [5, 5.41) is 3.01. The fourth-order valence-electron chi connectivity index (χ4n) is 1.49. The lowest BCUT2D eigenvalue weighted by Crippen LogP contribution is -2.20. The van der Waals surface area contributed by atoms with Crippen LogP contribution in [0.3, 0.4) is 0 Å². The van der Waals surface area contributed by atoms with Gasteiger partial charge in [0.15, 0.2) is 0 Å². The van der Waals surface area contributed by atoms with Crippen molar-refractivity contribution in [2.24, 2.45) is 4.40 Å². The lowest BCUT2D eigenvalue weighted by Gasteiger charge is -2.17. The average Bonchev–Trinajstić information content (AvgIpc) is 2.15. The summed E-state index contributed by atoms with van der Waals surface area (Å²) in [5.74, 6) is 0.494. The van der Waals surface area contributed by atoms with E-state index in [-0.39, 0.29) is 4.90 Å². The molecule has 2 rings (SSSR count). The Bertz CT molecular complexity index is 532. The molecule has 1 aliphatic heterocycles. The quantitative estimate of drug-likeness (QED) is 0.792. The van der Waals surface area contributed by atoms with Gasteiger partial charge in [0.25, 0.3) is 10.0 Å². The molecule has 5 heteroatoms. The first-order chi connectivity index (χ1) is 7.03. The van der Waals surface area contributed by atoms with E-state index in [1.807, 2.05) is 19.9 Å². The van der Waals surface area contributed by atoms with E-state index in [1.165, 1.54) is 0 Å². The highest BCUT2D eigenvalue weighted by molar-refractivity contribution is 7.90. The Morgan fingerprint density at radius 2 is 2.13 bits per heavy atom. The van der Waals surface area contributed by atoms with Gasteiger partial charge in [0.05, 0.1) is 5.69 Å². The normalized spacial score (nSPS) is 17.6. The van der Waals surface area contributed by atoms with Gasteiger partial charge in [-0.1, -0.05) is 13.0 Å². The zero-order valence-corrected chi connectivity index (χ0v) is 9.43. The molecule has 0 unspecified atom stereocenters. The Kier molecular flexibility index (Phi) is 2.26. The molecule has 1 N–H and O–H groups in total. The van der Waals surface area contributed by atoms with Crippen LogP contribution in [0.2, 0.25) is 0 Å². The number of fused-ring (bicyclic) bond motifs is 1. The van der Waals surface area contributed by atoms with Crippen LogP contribution in [0.5, 0.6) is 0 Å². The van der Waals surface area contributed by atoms with Crippen LogP contribution in [0.25, 0.3) is 0 Å². The van der Waals surface area contributed by atoms with Gasteiger partial charge in [0, 0.05) is 6.42 Å². The highest BCUT2D eigenvalue weighted by atomic mass is 32.2. The van der Waals surface area contributed by atoms with Crippen LogP contribution < -0.4 is 5.32 Å². The van der Waals surface area contributed by atoms with Gasteiger partial charge in [-0.2, -0.15) is 8.42 Å². The smallest absolute Gasteiger partial charge is 0.286 e. The minimum absolute atomic E-state index is 0.255. The van der Waals surface area contributed by atoms with Crippen molar-refractivity contribution < 1.29 is 8.42 Å². The summed E-state index contributed by atoms with van der Waals surface area (Å²) in [6.45, 7) is 3.79. The third-order valence-corrected chi connectivity index (χ3v) is 3.63. The van der Waals surface area contributed by atoms with Crippen molar-refractivity contribution in [3.63, 3.8) is 0 Å². The summed E-state index contributed by atoms with van der Waals surface area (Å²) in [6, 6.07) is 5.17. The minimum atomic E-state index is -3.49. The third-order valence-electron chi connectivity index (χ3n) is 2.26. The molecule has 1 aromatic rings. The standard InChI is InChI=1S/C10H12N2O2S/c1-3-10-11-8-6-7(2)4-5-9(8)15(13,14)12-10/h4-6H,3H2,1-2H3,(H,11,12). The average molecular weight is 224 g/mol. The maximum absolute atomic E-state index is 11.7. The number of aryl methyl sites for hydroxylation is 1. The number of hydrogen-bond donors (Lipinski definition) is 1. The molecule has 4 nitrogen and oxygen atoms in total. The molecule has 80 valence electrons. The van der Waals surface area contributed by atoms with E-state index >= 15 is 0 Å². The molecule has 0 atom stereocenters. The highest BCUT2D eigenvalue weighted by Crippen LogP contribution is 2.28. The number of hydrogen-bond acceptors (Lipinski definition) is 3. The van der Waals surface area contributed by atoms with Gasteiger partial charge in [0.2, 0.25) is 0 Å². The number of nitrogens with one attached hydrogen (secondary N) is 1. The summed E-state index contributed by atoms with van der Waals surface area (Å²) in [7, 11) is -3.49. The lowest BCUT2D eigenvalue weighted by atomic mass is 10.2. The van der Waals surface area contributed by atoms with E-state index in [1.54, 1.807) is 12.1 Å². The fraction of sp³-hybridized carbons (Fsp3) is 0.300. The Morgan fingerprint density at radius 1 is 1.40 bits per heavy atom. The molecule has 0 amide bonds. The number of anilines is 1. The molecule has 1 heterocycles. The van der Waals surface area contributed by atoms with Crippen molar-refractivity contribution >= 4 is 21.5 Å². The van der Waals surface area contributed by atoms with Crippen LogP contribution in [-0.2, 0) is 10.0 Å². The number of amidine groups is 1. The van der Waals surface area contributed by atoms with Gasteiger partial charge in [-0.25, -0.2) is 0 Å². The maximum Gasteiger partial charge on any atom is 0.286 e. The van der Waals surface area contributed by atoms with Gasteiger partial charge in [-0.3, -0.25) is 0 Å². The zero-order valence-electron chi connectivity index (χ0n) is 8.61. The predicted molar refractivity (Wildman–Crippen MR) is 59.7 cm³/mol. The van der Waals surface area contributed by atoms with Crippen LogP contribution in [-0.4, -0.2) is 14.3 Å². The van der Waals surface area contributed by atoms with Crippen molar-refractivity contribution in [1.29, 1.82) is 0 Å². The Labute approximate surface area is 89.1 Å². The summed E-state index contributed by atoms with van der Waals surface area (Å²) in [5.41, 5.74) is 1.65. The molecule has 0 aliphatic carbocycles. The Hall–Kier alpha value is -1.36. The first-order valence-corrected chi connectivity index (χ1v) is 6.18. The molecule has 0 spiro atoms. The Balaban J connectivity index is 2.64. The topological polar surface area (TPSA) is 58.5 Å². The Morgan fingerprint density at radius 3 is 2.80 bits per heavy atom. The second kappa shape index (κ2) is 3.34. The van der Waals surface area contributed by atoms with Crippen LogP contribution in [0, 0.1) is 6.92 Å². The molecule has 0 bridgehead atoms. The molecule has 15 heavy (non-hydrogen) atoms. The van der Waals surface area contributed by atoms with Crippen molar-refractivity contribution in [1.82, 2.24) is 0 Å². The molecule has 0 fully saturated rings. The van der Waals surface area contributed by atoms with E-state index in [0.717, 1.165) is 5.56 Å². The second-order valence-electron chi connectivity index (χ2n) is 3.49. The van der Waals surface area contributed by atoms with Crippen molar-refractivity contribution in [3.05, 3.63) is 23.8 Å². The van der Waals surface area contributed by atoms with Gasteiger partial charge in [-0.05, 0) is 24.6 Å². The second-order valence-corrected chi connectivity index (χ2v) is 5.06. The third kappa shape index (κ3) is 1.74.